The molecule has 0 heterocycles. The second-order valence-corrected chi connectivity index (χ2v) is 6.49. The molecule has 0 aromatic heterocycles. The Labute approximate surface area is 150 Å². The second kappa shape index (κ2) is 10.6. The molecule has 1 atom stereocenters. The van der Waals surface area contributed by atoms with Crippen LogP contribution >= 0.6 is 0 Å². The van der Waals surface area contributed by atoms with E-state index < -0.39 is 6.09 Å². The SMILES string of the molecule is CCOC(=O)N[C@H](CNC(=O)Nc1c(C)cccc1CC)CC(C)C. The van der Waals surface area contributed by atoms with E-state index in [4.69, 9.17) is 4.74 Å². The fraction of sp³-hybridized carbons (Fsp3) is 0.579. The lowest BCUT2D eigenvalue weighted by molar-refractivity contribution is 0.146. The molecule has 3 N–H and O–H groups in total. The third-order valence-corrected chi connectivity index (χ3v) is 3.84. The van der Waals surface area contributed by atoms with Gasteiger partial charge in [0.25, 0.3) is 0 Å². The number of carbonyl (C=O) groups excluding carboxylic acids is 2. The third kappa shape index (κ3) is 7.45. The van der Waals surface area contributed by atoms with E-state index in [1.165, 1.54) is 0 Å². The quantitative estimate of drug-likeness (QED) is 0.667. The van der Waals surface area contributed by atoms with Crippen molar-refractivity contribution in [3.05, 3.63) is 29.3 Å². The fourth-order valence-corrected chi connectivity index (χ4v) is 2.68. The monoisotopic (exact) mass is 349 g/mol. The summed E-state index contributed by atoms with van der Waals surface area (Å²) in [6, 6.07) is 5.51. The first kappa shape index (κ1) is 20.8. The van der Waals surface area contributed by atoms with Crippen molar-refractivity contribution in [3.8, 4) is 0 Å². The molecule has 3 amide bonds. The largest absolute Gasteiger partial charge is 0.450 e. The van der Waals surface area contributed by atoms with Crippen LogP contribution in [0.15, 0.2) is 18.2 Å². The maximum absolute atomic E-state index is 12.3. The van der Waals surface area contributed by atoms with Gasteiger partial charge in [0.2, 0.25) is 0 Å². The molecule has 0 fully saturated rings. The molecule has 1 aromatic rings. The number of anilines is 1. The molecule has 140 valence electrons. The van der Waals surface area contributed by atoms with Gasteiger partial charge in [0.1, 0.15) is 0 Å². The van der Waals surface area contributed by atoms with Gasteiger partial charge in [-0.2, -0.15) is 0 Å². The molecule has 0 saturated carbocycles. The molecule has 6 nitrogen and oxygen atoms in total. The minimum atomic E-state index is -0.456. The zero-order valence-corrected chi connectivity index (χ0v) is 15.9. The van der Waals surface area contributed by atoms with Gasteiger partial charge in [0.05, 0.1) is 6.61 Å². The highest BCUT2D eigenvalue weighted by Crippen LogP contribution is 2.20. The number of hydrogen-bond donors (Lipinski definition) is 3. The Hall–Kier alpha value is -2.24. The summed E-state index contributed by atoms with van der Waals surface area (Å²) in [4.78, 5) is 23.9. The van der Waals surface area contributed by atoms with E-state index in [2.05, 4.69) is 36.7 Å². The van der Waals surface area contributed by atoms with E-state index >= 15 is 0 Å². The Morgan fingerprint density at radius 2 is 1.92 bits per heavy atom. The van der Waals surface area contributed by atoms with Crippen molar-refractivity contribution in [2.45, 2.75) is 53.5 Å². The number of nitrogens with one attached hydrogen (secondary N) is 3. The maximum Gasteiger partial charge on any atom is 0.407 e. The van der Waals surface area contributed by atoms with Crippen LogP contribution in [-0.2, 0) is 11.2 Å². The minimum absolute atomic E-state index is 0.174. The van der Waals surface area contributed by atoms with Crippen molar-refractivity contribution in [3.63, 3.8) is 0 Å². The van der Waals surface area contributed by atoms with E-state index in [1.54, 1.807) is 6.92 Å². The van der Waals surface area contributed by atoms with Crippen LogP contribution in [0.2, 0.25) is 0 Å². The van der Waals surface area contributed by atoms with Crippen molar-refractivity contribution in [2.75, 3.05) is 18.5 Å². The van der Waals surface area contributed by atoms with Crippen molar-refractivity contribution in [1.29, 1.82) is 0 Å². The van der Waals surface area contributed by atoms with Crippen LogP contribution in [0.25, 0.3) is 0 Å². The number of urea groups is 1. The summed E-state index contributed by atoms with van der Waals surface area (Å²) in [6.45, 7) is 10.6. The molecule has 25 heavy (non-hydrogen) atoms. The average molecular weight is 349 g/mol. The van der Waals surface area contributed by atoms with Crippen molar-refractivity contribution >= 4 is 17.8 Å². The first-order valence-corrected chi connectivity index (χ1v) is 8.93. The highest BCUT2D eigenvalue weighted by atomic mass is 16.5. The predicted molar refractivity (Wildman–Crippen MR) is 101 cm³/mol. The third-order valence-electron chi connectivity index (χ3n) is 3.84. The summed E-state index contributed by atoms with van der Waals surface area (Å²) < 4.78 is 4.92. The highest BCUT2D eigenvalue weighted by Gasteiger charge is 2.16. The molecule has 0 aliphatic carbocycles. The van der Waals surface area contributed by atoms with Crippen LogP contribution in [-0.4, -0.2) is 31.3 Å². The van der Waals surface area contributed by atoms with Gasteiger partial charge in [-0.15, -0.1) is 0 Å². The summed E-state index contributed by atoms with van der Waals surface area (Å²) in [7, 11) is 0. The highest BCUT2D eigenvalue weighted by molar-refractivity contribution is 5.91. The van der Waals surface area contributed by atoms with Gasteiger partial charge >= 0.3 is 12.1 Å². The molecule has 1 aromatic carbocycles. The number of amides is 3. The number of hydrogen-bond acceptors (Lipinski definition) is 3. The molecule has 1 rings (SSSR count). The lowest BCUT2D eigenvalue weighted by atomic mass is 10.0. The number of benzene rings is 1. The Balaban J connectivity index is 2.63. The van der Waals surface area contributed by atoms with Gasteiger partial charge < -0.3 is 20.7 Å². The molecule has 6 heteroatoms. The Morgan fingerprint density at radius 1 is 1.20 bits per heavy atom. The lowest BCUT2D eigenvalue weighted by Gasteiger charge is -2.21. The molecular weight excluding hydrogens is 318 g/mol. The molecule has 0 unspecified atom stereocenters. The van der Waals surface area contributed by atoms with Crippen LogP contribution < -0.4 is 16.0 Å². The number of aryl methyl sites for hydroxylation is 2. The minimum Gasteiger partial charge on any atom is -0.450 e. The van der Waals surface area contributed by atoms with Crippen LogP contribution in [0.4, 0.5) is 15.3 Å². The van der Waals surface area contributed by atoms with Crippen LogP contribution in [0.3, 0.4) is 0 Å². The summed E-state index contributed by atoms with van der Waals surface area (Å²) >= 11 is 0. The van der Waals surface area contributed by atoms with Crippen LogP contribution in [0, 0.1) is 12.8 Å². The number of carbonyl (C=O) groups is 2. The van der Waals surface area contributed by atoms with Crippen molar-refractivity contribution in [1.82, 2.24) is 10.6 Å². The molecule has 0 saturated heterocycles. The second-order valence-electron chi connectivity index (χ2n) is 6.49. The standard InChI is InChI=1S/C19H31N3O3/c1-6-15-10-8-9-14(5)17(15)22-18(23)20-12-16(11-13(3)4)21-19(24)25-7-2/h8-10,13,16H,6-7,11-12H2,1-5H3,(H,21,24)(H2,20,22,23)/t16-/m0/s1. The first-order valence-electron chi connectivity index (χ1n) is 8.93. The zero-order chi connectivity index (χ0) is 18.8. The van der Waals surface area contributed by atoms with E-state index in [-0.39, 0.29) is 12.1 Å². The molecule has 0 spiro atoms. The molecule has 0 aliphatic rings. The molecule has 0 bridgehead atoms. The number of ether oxygens (including phenoxy) is 1. The van der Waals surface area contributed by atoms with Gasteiger partial charge in [0.15, 0.2) is 0 Å². The zero-order valence-electron chi connectivity index (χ0n) is 15.9. The van der Waals surface area contributed by atoms with Gasteiger partial charge in [-0.25, -0.2) is 9.59 Å². The van der Waals surface area contributed by atoms with Crippen LogP contribution in [0.5, 0.6) is 0 Å². The lowest BCUT2D eigenvalue weighted by Crippen LogP contribution is -2.45. The summed E-state index contributed by atoms with van der Waals surface area (Å²) in [5.74, 6) is 0.389. The van der Waals surface area contributed by atoms with Gasteiger partial charge in [-0.3, -0.25) is 0 Å². The number of alkyl carbamates (subject to hydrolysis) is 1. The van der Waals surface area contributed by atoms with Gasteiger partial charge in [-0.1, -0.05) is 39.0 Å². The fourth-order valence-electron chi connectivity index (χ4n) is 2.68. The summed E-state index contributed by atoms with van der Waals surface area (Å²) in [6.07, 6.45) is 1.14. The van der Waals surface area contributed by atoms with Crippen molar-refractivity contribution < 1.29 is 14.3 Å². The average Bonchev–Trinajstić information content (AvgIpc) is 2.54. The Bertz CT molecular complexity index is 573. The first-order chi connectivity index (χ1) is 11.9. The normalized spacial score (nSPS) is 11.8. The molecule has 0 aliphatic heterocycles. The summed E-state index contributed by atoms with van der Waals surface area (Å²) in [5, 5.41) is 8.56. The number of para-hydroxylation sites is 1. The molecule has 0 radical (unpaired) electrons. The molecular formula is C19H31N3O3. The maximum atomic E-state index is 12.3. The van der Waals surface area contributed by atoms with E-state index in [9.17, 15) is 9.59 Å². The Morgan fingerprint density at radius 3 is 2.52 bits per heavy atom. The van der Waals surface area contributed by atoms with Crippen LogP contribution in [0.1, 0.15) is 45.2 Å². The van der Waals surface area contributed by atoms with Gasteiger partial charge in [-0.05, 0) is 43.7 Å². The van der Waals surface area contributed by atoms with E-state index in [1.807, 2.05) is 25.1 Å². The van der Waals surface area contributed by atoms with E-state index in [0.717, 1.165) is 29.7 Å². The van der Waals surface area contributed by atoms with Crippen molar-refractivity contribution in [2.24, 2.45) is 5.92 Å². The smallest absolute Gasteiger partial charge is 0.407 e. The number of rotatable bonds is 8. The van der Waals surface area contributed by atoms with E-state index in [0.29, 0.717) is 19.1 Å². The Kier molecular flexibility index (Phi) is 8.81. The predicted octanol–water partition coefficient (Wildman–Crippen LogP) is 3.84. The van der Waals surface area contributed by atoms with Gasteiger partial charge in [0, 0.05) is 18.3 Å². The topological polar surface area (TPSA) is 79.5 Å². The summed E-state index contributed by atoms with van der Waals surface area (Å²) in [5.41, 5.74) is 2.97.